The molecule has 1 aromatic carbocycles. The Balaban J connectivity index is 2.65. The van der Waals surface area contributed by atoms with Gasteiger partial charge in [0.1, 0.15) is 0 Å². The molecule has 7 nitrogen and oxygen atoms in total. The van der Waals surface area contributed by atoms with E-state index in [2.05, 4.69) is 24.0 Å². The molecule has 2 aromatic rings. The van der Waals surface area contributed by atoms with Gasteiger partial charge in [-0.15, -0.1) is 0 Å². The summed E-state index contributed by atoms with van der Waals surface area (Å²) >= 11 is 5.23. The number of aromatic nitrogens is 3. The molecule has 1 heterocycles. The zero-order valence-electron chi connectivity index (χ0n) is 12.0. The van der Waals surface area contributed by atoms with E-state index in [1.807, 2.05) is 4.57 Å². The Kier molecular flexibility index (Phi) is 4.37. The summed E-state index contributed by atoms with van der Waals surface area (Å²) in [7, 11) is 1.40. The van der Waals surface area contributed by atoms with Crippen LogP contribution < -0.4 is 4.74 Å². The quantitative estimate of drug-likeness (QED) is 0.521. The largest absolute Gasteiger partial charge is 0.490 e. The first-order chi connectivity index (χ1) is 9.95. The average Bonchev–Trinajstić information content (AvgIpc) is 2.78. The number of hydrogen-bond donors (Lipinski definition) is 1. The number of nitro benzene ring substituents is 1. The number of H-pyrrole nitrogens is 1. The van der Waals surface area contributed by atoms with Crippen LogP contribution in [0.5, 0.6) is 5.75 Å². The summed E-state index contributed by atoms with van der Waals surface area (Å²) in [5.74, 6) is 1.08. The number of aromatic amines is 1. The van der Waals surface area contributed by atoms with Crippen molar-refractivity contribution in [2.75, 3.05) is 7.11 Å². The number of benzene rings is 1. The third-order valence-corrected chi connectivity index (χ3v) is 3.25. The Hall–Kier alpha value is -2.22. The molecule has 0 radical (unpaired) electrons. The highest BCUT2D eigenvalue weighted by molar-refractivity contribution is 7.71. The third kappa shape index (κ3) is 2.94. The molecule has 0 saturated carbocycles. The van der Waals surface area contributed by atoms with Crippen molar-refractivity contribution in [3.63, 3.8) is 0 Å². The van der Waals surface area contributed by atoms with E-state index in [-0.39, 0.29) is 11.4 Å². The van der Waals surface area contributed by atoms with Gasteiger partial charge in [-0.3, -0.25) is 19.8 Å². The van der Waals surface area contributed by atoms with E-state index in [1.54, 1.807) is 12.1 Å². The first-order valence-corrected chi connectivity index (χ1v) is 6.83. The third-order valence-electron chi connectivity index (χ3n) is 2.94. The van der Waals surface area contributed by atoms with Gasteiger partial charge in [-0.25, -0.2) is 0 Å². The predicted octanol–water partition coefficient (Wildman–Crippen LogP) is 3.18. The van der Waals surface area contributed by atoms with Crippen LogP contribution in [0.2, 0.25) is 0 Å². The smallest absolute Gasteiger partial charge is 0.311 e. The van der Waals surface area contributed by atoms with Crippen LogP contribution in [0.25, 0.3) is 11.4 Å². The summed E-state index contributed by atoms with van der Waals surface area (Å²) < 4.78 is 7.52. The Bertz CT molecular complexity index is 720. The number of nitro groups is 1. The van der Waals surface area contributed by atoms with Crippen LogP contribution in [0.3, 0.4) is 0 Å². The highest BCUT2D eigenvalue weighted by Crippen LogP contribution is 2.36. The summed E-state index contributed by atoms with van der Waals surface area (Å²) in [6, 6.07) is 4.73. The summed E-state index contributed by atoms with van der Waals surface area (Å²) in [4.78, 5) is 10.6. The Morgan fingerprint density at radius 1 is 1.52 bits per heavy atom. The normalized spacial score (nSPS) is 10.9. The van der Waals surface area contributed by atoms with Gasteiger partial charge in [0, 0.05) is 12.6 Å². The van der Waals surface area contributed by atoms with Crippen molar-refractivity contribution in [3.05, 3.63) is 33.1 Å². The molecule has 1 N–H and O–H groups in total. The van der Waals surface area contributed by atoms with Gasteiger partial charge >= 0.3 is 5.69 Å². The topological polar surface area (TPSA) is 86.0 Å². The van der Waals surface area contributed by atoms with Crippen LogP contribution in [-0.2, 0) is 6.54 Å². The van der Waals surface area contributed by atoms with Crippen LogP contribution in [0.15, 0.2) is 18.2 Å². The van der Waals surface area contributed by atoms with Crippen molar-refractivity contribution in [2.24, 2.45) is 5.92 Å². The van der Waals surface area contributed by atoms with E-state index in [4.69, 9.17) is 17.0 Å². The fourth-order valence-corrected chi connectivity index (χ4v) is 2.32. The van der Waals surface area contributed by atoms with Gasteiger partial charge in [0.2, 0.25) is 5.75 Å². The Labute approximate surface area is 126 Å². The van der Waals surface area contributed by atoms with Gasteiger partial charge in [-0.05, 0) is 24.2 Å². The molecule has 0 saturated heterocycles. The monoisotopic (exact) mass is 308 g/mol. The fraction of sp³-hybridized carbons (Fsp3) is 0.385. The van der Waals surface area contributed by atoms with Crippen molar-refractivity contribution < 1.29 is 9.66 Å². The van der Waals surface area contributed by atoms with Crippen molar-refractivity contribution in [3.8, 4) is 17.1 Å². The molecule has 8 heteroatoms. The van der Waals surface area contributed by atoms with Crippen molar-refractivity contribution in [1.29, 1.82) is 0 Å². The van der Waals surface area contributed by atoms with Crippen molar-refractivity contribution in [2.45, 2.75) is 20.4 Å². The number of hydrogen-bond acceptors (Lipinski definition) is 5. The molecular formula is C13H16N4O3S. The molecule has 0 aliphatic heterocycles. The maximum Gasteiger partial charge on any atom is 0.311 e. The summed E-state index contributed by atoms with van der Waals surface area (Å²) in [6.07, 6.45) is 0. The second-order valence-corrected chi connectivity index (χ2v) is 5.36. The van der Waals surface area contributed by atoms with Crippen LogP contribution in [0.1, 0.15) is 13.8 Å². The number of nitrogens with zero attached hydrogens (tertiary/aromatic N) is 3. The van der Waals surface area contributed by atoms with E-state index >= 15 is 0 Å². The van der Waals surface area contributed by atoms with Crippen LogP contribution in [0, 0.1) is 20.8 Å². The fourth-order valence-electron chi connectivity index (χ4n) is 2.12. The average molecular weight is 308 g/mol. The lowest BCUT2D eigenvalue weighted by Gasteiger charge is -2.12. The van der Waals surface area contributed by atoms with Gasteiger partial charge in [0.25, 0.3) is 0 Å². The second kappa shape index (κ2) is 6.04. The molecule has 0 spiro atoms. The van der Waals surface area contributed by atoms with Gasteiger partial charge in [-0.2, -0.15) is 5.10 Å². The van der Waals surface area contributed by atoms with Gasteiger partial charge < -0.3 is 4.74 Å². The molecule has 0 unspecified atom stereocenters. The molecule has 0 aliphatic carbocycles. The van der Waals surface area contributed by atoms with E-state index in [0.29, 0.717) is 28.6 Å². The molecule has 21 heavy (non-hydrogen) atoms. The lowest BCUT2D eigenvalue weighted by Crippen LogP contribution is -2.07. The molecule has 0 aliphatic rings. The summed E-state index contributed by atoms with van der Waals surface area (Å²) in [6.45, 7) is 4.78. The maximum absolute atomic E-state index is 11.1. The van der Waals surface area contributed by atoms with Gasteiger partial charge in [-0.1, -0.05) is 19.9 Å². The molecule has 1 aromatic heterocycles. The zero-order valence-corrected chi connectivity index (χ0v) is 12.8. The molecule has 2 rings (SSSR count). The van der Waals surface area contributed by atoms with Crippen molar-refractivity contribution >= 4 is 17.9 Å². The number of rotatable bonds is 5. The van der Waals surface area contributed by atoms with E-state index in [9.17, 15) is 10.1 Å². The lowest BCUT2D eigenvalue weighted by atomic mass is 10.1. The standard InChI is InChI=1S/C13H16N4O3S/c1-8(2)7-16-12(14-15-13(16)21)9-5-4-6-10(17(18)19)11(9)20-3/h4-6,8H,7H2,1-3H3,(H,15,21). The zero-order chi connectivity index (χ0) is 15.6. The van der Waals surface area contributed by atoms with Crippen LogP contribution >= 0.6 is 12.2 Å². The van der Waals surface area contributed by atoms with Gasteiger partial charge in [0.15, 0.2) is 10.6 Å². The Morgan fingerprint density at radius 3 is 2.81 bits per heavy atom. The van der Waals surface area contributed by atoms with Crippen LogP contribution in [0.4, 0.5) is 5.69 Å². The lowest BCUT2D eigenvalue weighted by molar-refractivity contribution is -0.385. The number of ether oxygens (including phenoxy) is 1. The first kappa shape index (κ1) is 15.2. The van der Waals surface area contributed by atoms with Crippen molar-refractivity contribution in [1.82, 2.24) is 14.8 Å². The van der Waals surface area contributed by atoms with Crippen LogP contribution in [-0.4, -0.2) is 26.8 Å². The molecular weight excluding hydrogens is 292 g/mol. The molecule has 112 valence electrons. The van der Waals surface area contributed by atoms with E-state index < -0.39 is 4.92 Å². The molecule has 0 amide bonds. The van der Waals surface area contributed by atoms with Gasteiger partial charge in [0.05, 0.1) is 17.6 Å². The first-order valence-electron chi connectivity index (χ1n) is 6.42. The Morgan fingerprint density at radius 2 is 2.24 bits per heavy atom. The molecule has 0 atom stereocenters. The number of nitrogens with one attached hydrogen (secondary N) is 1. The molecule has 0 bridgehead atoms. The minimum absolute atomic E-state index is 0.0972. The SMILES string of the molecule is COc1c(-c2n[nH]c(=S)n2CC(C)C)cccc1[N+](=O)[O-]. The predicted molar refractivity (Wildman–Crippen MR) is 80.9 cm³/mol. The highest BCUT2D eigenvalue weighted by atomic mass is 32.1. The minimum Gasteiger partial charge on any atom is -0.490 e. The second-order valence-electron chi connectivity index (χ2n) is 4.97. The molecule has 0 fully saturated rings. The number of methoxy groups -OCH3 is 1. The maximum atomic E-state index is 11.1. The number of para-hydroxylation sites is 1. The highest BCUT2D eigenvalue weighted by Gasteiger charge is 2.22. The minimum atomic E-state index is -0.476. The van der Waals surface area contributed by atoms with E-state index in [1.165, 1.54) is 13.2 Å². The summed E-state index contributed by atoms with van der Waals surface area (Å²) in [5.41, 5.74) is 0.444. The summed E-state index contributed by atoms with van der Waals surface area (Å²) in [5, 5.41) is 18.0. The van der Waals surface area contributed by atoms with E-state index in [0.717, 1.165) is 0 Å².